The van der Waals surface area contributed by atoms with Gasteiger partial charge in [0.1, 0.15) is 0 Å². The van der Waals surface area contributed by atoms with E-state index in [1.54, 1.807) is 7.11 Å². The molecule has 2 unspecified atom stereocenters. The molecule has 5 heteroatoms. The van der Waals surface area contributed by atoms with Crippen molar-refractivity contribution in [3.8, 4) is 0 Å². The Kier molecular flexibility index (Phi) is 3.68. The van der Waals surface area contributed by atoms with Crippen molar-refractivity contribution in [1.82, 2.24) is 5.32 Å². The second-order valence-corrected chi connectivity index (χ2v) is 5.58. The third-order valence-corrected chi connectivity index (χ3v) is 4.56. The summed E-state index contributed by atoms with van der Waals surface area (Å²) in [4.78, 5) is 12.6. The van der Waals surface area contributed by atoms with Gasteiger partial charge >= 0.3 is 0 Å². The average molecular weight is 256 g/mol. The van der Waals surface area contributed by atoms with Crippen molar-refractivity contribution in [2.45, 2.75) is 50.7 Å². The summed E-state index contributed by atoms with van der Waals surface area (Å²) in [6, 6.07) is 0.222. The first-order valence-electron chi connectivity index (χ1n) is 6.22. The first-order valence-corrected chi connectivity index (χ1v) is 6.63. The van der Waals surface area contributed by atoms with Gasteiger partial charge in [0.25, 0.3) is 0 Å². The second kappa shape index (κ2) is 4.90. The highest BCUT2D eigenvalue weighted by molar-refractivity contribution is 7.80. The van der Waals surface area contributed by atoms with Crippen LogP contribution in [0, 0.1) is 5.41 Å². The molecule has 0 aliphatic heterocycles. The predicted octanol–water partition coefficient (Wildman–Crippen LogP) is 1.13. The molecule has 0 bridgehead atoms. The average Bonchev–Trinajstić information content (AvgIpc) is 2.62. The molecule has 0 saturated heterocycles. The third-order valence-electron chi connectivity index (χ3n) is 4.17. The van der Waals surface area contributed by atoms with Crippen molar-refractivity contribution in [3.63, 3.8) is 0 Å². The highest BCUT2D eigenvalue weighted by Crippen LogP contribution is 2.41. The van der Waals surface area contributed by atoms with Gasteiger partial charge in [-0.25, -0.2) is 0 Å². The van der Waals surface area contributed by atoms with Gasteiger partial charge in [-0.2, -0.15) is 0 Å². The third kappa shape index (κ3) is 2.31. The van der Waals surface area contributed by atoms with Crippen molar-refractivity contribution in [1.29, 1.82) is 0 Å². The number of nitrogens with two attached hydrogens (primary N) is 1. The molecule has 2 saturated carbocycles. The maximum Gasteiger partial charge on any atom is 0.233 e. The fourth-order valence-electron chi connectivity index (χ4n) is 2.72. The molecule has 96 valence electrons. The van der Waals surface area contributed by atoms with Crippen LogP contribution < -0.4 is 11.1 Å². The van der Waals surface area contributed by atoms with Gasteiger partial charge in [0.2, 0.25) is 5.91 Å². The molecule has 3 N–H and O–H groups in total. The fourth-order valence-corrected chi connectivity index (χ4v) is 3.02. The van der Waals surface area contributed by atoms with E-state index in [0.29, 0.717) is 4.99 Å². The van der Waals surface area contributed by atoms with Crippen LogP contribution in [0.5, 0.6) is 0 Å². The van der Waals surface area contributed by atoms with Crippen LogP contribution in [0.15, 0.2) is 0 Å². The standard InChI is InChI=1S/C12H20N2O2S/c1-16-9-4-3-8(7-9)14-11(15)12(10(13)17)5-2-6-12/h8-9H,2-7H2,1H3,(H2,13,17)(H,14,15). The molecule has 0 aromatic carbocycles. The molecule has 2 fully saturated rings. The second-order valence-electron chi connectivity index (χ2n) is 5.14. The van der Waals surface area contributed by atoms with Crippen LogP contribution in [0.25, 0.3) is 0 Å². The van der Waals surface area contributed by atoms with E-state index in [1.165, 1.54) is 0 Å². The van der Waals surface area contributed by atoms with E-state index in [-0.39, 0.29) is 18.1 Å². The smallest absolute Gasteiger partial charge is 0.233 e. The monoisotopic (exact) mass is 256 g/mol. The molecule has 2 atom stereocenters. The highest BCUT2D eigenvalue weighted by atomic mass is 32.1. The summed E-state index contributed by atoms with van der Waals surface area (Å²) in [6.45, 7) is 0. The summed E-state index contributed by atoms with van der Waals surface area (Å²) in [5, 5.41) is 3.08. The van der Waals surface area contributed by atoms with Gasteiger partial charge in [0, 0.05) is 13.2 Å². The molecule has 1 amide bonds. The number of ether oxygens (including phenoxy) is 1. The highest BCUT2D eigenvalue weighted by Gasteiger charge is 2.47. The first kappa shape index (κ1) is 12.8. The Morgan fingerprint density at radius 1 is 1.47 bits per heavy atom. The Morgan fingerprint density at radius 2 is 2.18 bits per heavy atom. The molecule has 4 nitrogen and oxygen atoms in total. The zero-order valence-electron chi connectivity index (χ0n) is 10.2. The normalized spacial score (nSPS) is 30.6. The Labute approximate surface area is 107 Å². The summed E-state index contributed by atoms with van der Waals surface area (Å²) >= 11 is 5.04. The van der Waals surface area contributed by atoms with Crippen molar-refractivity contribution in [2.24, 2.45) is 11.1 Å². The minimum atomic E-state index is -0.555. The van der Waals surface area contributed by atoms with Crippen molar-refractivity contribution >= 4 is 23.1 Å². The number of rotatable bonds is 4. The number of carbonyl (C=O) groups is 1. The summed E-state index contributed by atoms with van der Waals surface area (Å²) in [5.74, 6) is 0.0259. The van der Waals surface area contributed by atoms with Gasteiger partial charge < -0.3 is 15.8 Å². The lowest BCUT2D eigenvalue weighted by molar-refractivity contribution is -0.131. The quantitative estimate of drug-likeness (QED) is 0.740. The molecule has 2 rings (SSSR count). The molecular weight excluding hydrogens is 236 g/mol. The number of methoxy groups -OCH3 is 1. The van der Waals surface area contributed by atoms with E-state index in [4.69, 9.17) is 22.7 Å². The van der Waals surface area contributed by atoms with Crippen molar-refractivity contribution < 1.29 is 9.53 Å². The molecule has 17 heavy (non-hydrogen) atoms. The van der Waals surface area contributed by atoms with E-state index in [9.17, 15) is 4.79 Å². The lowest BCUT2D eigenvalue weighted by Gasteiger charge is -2.39. The van der Waals surface area contributed by atoms with Gasteiger partial charge in [-0.1, -0.05) is 18.6 Å². The van der Waals surface area contributed by atoms with Gasteiger partial charge in [-0.05, 0) is 32.1 Å². The molecule has 2 aliphatic carbocycles. The van der Waals surface area contributed by atoms with E-state index in [0.717, 1.165) is 38.5 Å². The molecule has 0 radical (unpaired) electrons. The van der Waals surface area contributed by atoms with Crippen molar-refractivity contribution in [3.05, 3.63) is 0 Å². The zero-order valence-corrected chi connectivity index (χ0v) is 11.0. The molecule has 0 aromatic heterocycles. The van der Waals surface area contributed by atoms with Gasteiger partial charge in [-0.3, -0.25) is 4.79 Å². The minimum absolute atomic E-state index is 0.0259. The minimum Gasteiger partial charge on any atom is -0.392 e. The number of amides is 1. The van der Waals surface area contributed by atoms with Gasteiger partial charge in [0.05, 0.1) is 16.5 Å². The summed E-state index contributed by atoms with van der Waals surface area (Å²) in [7, 11) is 1.72. The number of carbonyl (C=O) groups excluding carboxylic acids is 1. The maximum atomic E-state index is 12.2. The van der Waals surface area contributed by atoms with Crippen LogP contribution in [-0.4, -0.2) is 30.2 Å². The summed E-state index contributed by atoms with van der Waals surface area (Å²) < 4.78 is 5.29. The SMILES string of the molecule is COC1CCC(NC(=O)C2(C(N)=S)CCC2)C1. The number of hydrogen-bond acceptors (Lipinski definition) is 3. The van der Waals surface area contributed by atoms with Crippen LogP contribution in [0.2, 0.25) is 0 Å². The molecular formula is C12H20N2O2S. The van der Waals surface area contributed by atoms with Gasteiger partial charge in [0.15, 0.2) is 0 Å². The van der Waals surface area contributed by atoms with Crippen LogP contribution in [0.1, 0.15) is 38.5 Å². The van der Waals surface area contributed by atoms with Gasteiger partial charge in [-0.15, -0.1) is 0 Å². The van der Waals surface area contributed by atoms with E-state index in [1.807, 2.05) is 0 Å². The van der Waals surface area contributed by atoms with E-state index < -0.39 is 5.41 Å². The lowest BCUT2D eigenvalue weighted by Crippen LogP contribution is -2.54. The number of hydrogen-bond donors (Lipinski definition) is 2. The zero-order chi connectivity index (χ0) is 12.5. The molecule has 0 spiro atoms. The first-order chi connectivity index (χ1) is 8.08. The van der Waals surface area contributed by atoms with Crippen LogP contribution in [-0.2, 0) is 9.53 Å². The number of nitrogens with one attached hydrogen (secondary N) is 1. The van der Waals surface area contributed by atoms with E-state index in [2.05, 4.69) is 5.32 Å². The van der Waals surface area contributed by atoms with Crippen LogP contribution >= 0.6 is 12.2 Å². The number of thiocarbonyl (C=S) groups is 1. The van der Waals surface area contributed by atoms with E-state index >= 15 is 0 Å². The predicted molar refractivity (Wildman–Crippen MR) is 69.6 cm³/mol. The van der Waals surface area contributed by atoms with Crippen molar-refractivity contribution in [2.75, 3.05) is 7.11 Å². The van der Waals surface area contributed by atoms with Crippen LogP contribution in [0.4, 0.5) is 0 Å². The Morgan fingerprint density at radius 3 is 2.59 bits per heavy atom. The maximum absolute atomic E-state index is 12.2. The topological polar surface area (TPSA) is 64.3 Å². The fraction of sp³-hybridized carbons (Fsp3) is 0.833. The summed E-state index contributed by atoms with van der Waals surface area (Å²) in [6.07, 6.45) is 5.82. The Balaban J connectivity index is 1.91. The molecule has 0 aromatic rings. The van der Waals surface area contributed by atoms with Crippen LogP contribution in [0.3, 0.4) is 0 Å². The lowest BCUT2D eigenvalue weighted by atomic mass is 9.68. The molecule has 0 heterocycles. The molecule has 2 aliphatic rings. The Hall–Kier alpha value is -0.680. The largest absolute Gasteiger partial charge is 0.392 e. The Bertz CT molecular complexity index is 328. The summed E-state index contributed by atoms with van der Waals surface area (Å²) in [5.41, 5.74) is 5.15.